The van der Waals surface area contributed by atoms with Crippen LogP contribution in [-0.2, 0) is 5.54 Å². The van der Waals surface area contributed by atoms with Crippen LogP contribution in [0.3, 0.4) is 0 Å². The standard InChI is InChI=1S/C14H21N3O/c1-8-12(15)16-17(13(8)18)14-5-9-2-10(6-14)4-11(3-9)7-14/h9-11,16H,2-7,15H2,1H3. The molecule has 0 aliphatic heterocycles. The molecule has 4 aliphatic rings. The van der Waals surface area contributed by atoms with E-state index in [-0.39, 0.29) is 11.1 Å². The zero-order valence-corrected chi connectivity index (χ0v) is 10.9. The van der Waals surface area contributed by atoms with Gasteiger partial charge in [-0.25, -0.2) is 4.68 Å². The monoisotopic (exact) mass is 247 g/mol. The molecule has 4 saturated carbocycles. The molecule has 5 rings (SSSR count). The van der Waals surface area contributed by atoms with Crippen molar-refractivity contribution in [2.24, 2.45) is 17.8 Å². The molecule has 4 aliphatic carbocycles. The van der Waals surface area contributed by atoms with Crippen molar-refractivity contribution >= 4 is 5.82 Å². The molecule has 0 saturated heterocycles. The van der Waals surface area contributed by atoms with Gasteiger partial charge in [0.2, 0.25) is 0 Å². The SMILES string of the molecule is Cc1c(N)[nH]n(C23CC4CC(CC(C4)C2)C3)c1=O. The van der Waals surface area contributed by atoms with Crippen LogP contribution in [0.15, 0.2) is 4.79 Å². The Hall–Kier alpha value is -1.19. The molecule has 98 valence electrons. The van der Waals surface area contributed by atoms with Crippen LogP contribution in [0.25, 0.3) is 0 Å². The fourth-order valence-electron chi connectivity index (χ4n) is 5.21. The number of hydrogen-bond acceptors (Lipinski definition) is 2. The molecule has 0 radical (unpaired) electrons. The molecule has 0 aromatic carbocycles. The molecule has 0 amide bonds. The van der Waals surface area contributed by atoms with Gasteiger partial charge in [-0.05, 0) is 63.2 Å². The summed E-state index contributed by atoms with van der Waals surface area (Å²) in [7, 11) is 0. The minimum absolute atomic E-state index is 0.0637. The minimum atomic E-state index is 0.0637. The average molecular weight is 247 g/mol. The number of H-pyrrole nitrogens is 1. The van der Waals surface area contributed by atoms with Crippen molar-refractivity contribution in [2.45, 2.75) is 51.0 Å². The average Bonchev–Trinajstić information content (AvgIpc) is 2.56. The van der Waals surface area contributed by atoms with Crippen LogP contribution in [-0.4, -0.2) is 9.78 Å². The van der Waals surface area contributed by atoms with Gasteiger partial charge in [0, 0.05) is 0 Å². The summed E-state index contributed by atoms with van der Waals surface area (Å²) in [5, 5.41) is 3.15. The lowest BCUT2D eigenvalue weighted by Crippen LogP contribution is -2.54. The van der Waals surface area contributed by atoms with Crippen molar-refractivity contribution in [2.75, 3.05) is 5.73 Å². The molecule has 3 N–H and O–H groups in total. The number of rotatable bonds is 1. The van der Waals surface area contributed by atoms with Crippen molar-refractivity contribution < 1.29 is 0 Å². The highest BCUT2D eigenvalue weighted by molar-refractivity contribution is 5.36. The van der Waals surface area contributed by atoms with Crippen molar-refractivity contribution in [1.29, 1.82) is 0 Å². The smallest absolute Gasteiger partial charge is 0.272 e. The number of nitrogen functional groups attached to an aromatic ring is 1. The summed E-state index contributed by atoms with van der Waals surface area (Å²) in [4.78, 5) is 12.4. The summed E-state index contributed by atoms with van der Waals surface area (Å²) in [6, 6.07) is 0. The highest BCUT2D eigenvalue weighted by Crippen LogP contribution is 2.58. The van der Waals surface area contributed by atoms with E-state index in [1.54, 1.807) is 0 Å². The lowest BCUT2D eigenvalue weighted by atomic mass is 9.53. The van der Waals surface area contributed by atoms with E-state index in [1.165, 1.54) is 38.5 Å². The van der Waals surface area contributed by atoms with Crippen LogP contribution in [0.1, 0.15) is 44.1 Å². The second-order valence-electron chi connectivity index (χ2n) is 6.93. The maximum Gasteiger partial charge on any atom is 0.272 e. The number of nitrogens with two attached hydrogens (primary N) is 1. The fourth-order valence-corrected chi connectivity index (χ4v) is 5.21. The second-order valence-corrected chi connectivity index (χ2v) is 6.93. The van der Waals surface area contributed by atoms with Gasteiger partial charge in [0.05, 0.1) is 11.1 Å². The first kappa shape index (κ1) is 10.7. The van der Waals surface area contributed by atoms with Gasteiger partial charge in [0.1, 0.15) is 5.82 Å². The molecule has 4 fully saturated rings. The van der Waals surface area contributed by atoms with Gasteiger partial charge in [-0.15, -0.1) is 0 Å². The van der Waals surface area contributed by atoms with Crippen LogP contribution in [0.4, 0.5) is 5.82 Å². The molecule has 4 bridgehead atoms. The van der Waals surface area contributed by atoms with Crippen molar-refractivity contribution in [1.82, 2.24) is 9.78 Å². The Morgan fingerprint density at radius 3 is 2.06 bits per heavy atom. The number of hydrogen-bond donors (Lipinski definition) is 2. The van der Waals surface area contributed by atoms with Gasteiger partial charge in [-0.2, -0.15) is 0 Å². The molecule has 0 spiro atoms. The lowest BCUT2D eigenvalue weighted by Gasteiger charge is -2.56. The zero-order valence-electron chi connectivity index (χ0n) is 10.9. The third-order valence-corrected chi connectivity index (χ3v) is 5.64. The maximum absolute atomic E-state index is 12.4. The Morgan fingerprint density at radius 1 is 1.17 bits per heavy atom. The molecule has 18 heavy (non-hydrogen) atoms. The van der Waals surface area contributed by atoms with E-state index in [9.17, 15) is 4.79 Å². The van der Waals surface area contributed by atoms with Crippen LogP contribution in [0.2, 0.25) is 0 Å². The third-order valence-electron chi connectivity index (χ3n) is 5.64. The predicted molar refractivity (Wildman–Crippen MR) is 70.3 cm³/mol. The van der Waals surface area contributed by atoms with Crippen LogP contribution in [0.5, 0.6) is 0 Å². The van der Waals surface area contributed by atoms with Crippen molar-refractivity contribution in [3.05, 3.63) is 15.9 Å². The Kier molecular flexibility index (Phi) is 1.92. The van der Waals surface area contributed by atoms with Crippen molar-refractivity contribution in [3.8, 4) is 0 Å². The van der Waals surface area contributed by atoms with Gasteiger partial charge in [0.15, 0.2) is 0 Å². The second kappa shape index (κ2) is 3.22. The molecule has 4 nitrogen and oxygen atoms in total. The molecule has 4 heteroatoms. The Labute approximate surface area is 107 Å². The summed E-state index contributed by atoms with van der Waals surface area (Å²) < 4.78 is 1.89. The molecule has 1 heterocycles. The molecule has 0 unspecified atom stereocenters. The first-order valence-corrected chi connectivity index (χ1v) is 7.15. The van der Waals surface area contributed by atoms with Crippen LogP contribution in [0, 0.1) is 24.7 Å². The van der Waals surface area contributed by atoms with Gasteiger partial charge in [0.25, 0.3) is 5.56 Å². The molecular weight excluding hydrogens is 226 g/mol. The Balaban J connectivity index is 1.84. The van der Waals surface area contributed by atoms with Crippen molar-refractivity contribution in [3.63, 3.8) is 0 Å². The van der Waals surface area contributed by atoms with Crippen LogP contribution < -0.4 is 11.3 Å². The third kappa shape index (κ3) is 1.24. The van der Waals surface area contributed by atoms with Gasteiger partial charge in [-0.1, -0.05) is 0 Å². The van der Waals surface area contributed by atoms with E-state index in [2.05, 4.69) is 5.10 Å². The summed E-state index contributed by atoms with van der Waals surface area (Å²) >= 11 is 0. The molecular formula is C14H21N3O. The van der Waals surface area contributed by atoms with Crippen LogP contribution >= 0.6 is 0 Å². The predicted octanol–water partition coefficient (Wildman–Crippen LogP) is 1.99. The number of nitrogens with zero attached hydrogens (tertiary/aromatic N) is 1. The van der Waals surface area contributed by atoms with Gasteiger partial charge in [-0.3, -0.25) is 9.89 Å². The fraction of sp³-hybridized carbons (Fsp3) is 0.786. The Bertz CT molecular complexity index is 519. The molecule has 1 aromatic heterocycles. The van der Waals surface area contributed by atoms with E-state index in [0.717, 1.165) is 17.8 Å². The van der Waals surface area contributed by atoms with E-state index >= 15 is 0 Å². The topological polar surface area (TPSA) is 63.8 Å². The summed E-state index contributed by atoms with van der Waals surface area (Å²) in [6.07, 6.45) is 7.71. The quantitative estimate of drug-likeness (QED) is 0.797. The highest BCUT2D eigenvalue weighted by atomic mass is 16.1. The highest BCUT2D eigenvalue weighted by Gasteiger charge is 2.52. The van der Waals surface area contributed by atoms with Gasteiger partial charge >= 0.3 is 0 Å². The normalized spacial score (nSPS) is 41.5. The number of nitrogens with one attached hydrogen (secondary N) is 1. The minimum Gasteiger partial charge on any atom is -0.384 e. The maximum atomic E-state index is 12.4. The van der Waals surface area contributed by atoms with E-state index < -0.39 is 0 Å². The molecule has 0 atom stereocenters. The number of anilines is 1. The van der Waals surface area contributed by atoms with E-state index in [4.69, 9.17) is 5.73 Å². The Morgan fingerprint density at radius 2 is 1.67 bits per heavy atom. The van der Waals surface area contributed by atoms with E-state index in [1.807, 2.05) is 11.6 Å². The first-order valence-electron chi connectivity index (χ1n) is 7.15. The summed E-state index contributed by atoms with van der Waals surface area (Å²) in [5.74, 6) is 3.07. The van der Waals surface area contributed by atoms with E-state index in [0.29, 0.717) is 11.4 Å². The summed E-state index contributed by atoms with van der Waals surface area (Å²) in [6.45, 7) is 1.82. The zero-order chi connectivity index (χ0) is 12.5. The molecule has 1 aromatic rings. The largest absolute Gasteiger partial charge is 0.384 e. The number of aromatic nitrogens is 2. The van der Waals surface area contributed by atoms with Gasteiger partial charge < -0.3 is 5.73 Å². The lowest BCUT2D eigenvalue weighted by molar-refractivity contribution is -0.0509. The summed E-state index contributed by atoms with van der Waals surface area (Å²) in [5.41, 5.74) is 6.74. The first-order chi connectivity index (χ1) is 8.57. The number of aromatic amines is 1.